The first-order valence-corrected chi connectivity index (χ1v) is 7.60. The van der Waals surface area contributed by atoms with Crippen molar-refractivity contribution in [3.05, 3.63) is 66.3 Å². The van der Waals surface area contributed by atoms with Crippen molar-refractivity contribution in [1.29, 1.82) is 0 Å². The molecule has 0 spiro atoms. The number of aromatic nitrogens is 3. The van der Waals surface area contributed by atoms with Crippen LogP contribution in [0.5, 0.6) is 0 Å². The van der Waals surface area contributed by atoms with Crippen molar-refractivity contribution < 1.29 is 14.0 Å². The molecule has 0 saturated heterocycles. The highest BCUT2D eigenvalue weighted by molar-refractivity contribution is 5.93. The number of rotatable bonds is 5. The van der Waals surface area contributed by atoms with Gasteiger partial charge in [0.25, 0.3) is 5.91 Å². The summed E-state index contributed by atoms with van der Waals surface area (Å²) in [5.41, 5.74) is 5.65. The Labute approximate surface area is 143 Å². The molecule has 2 heterocycles. The van der Waals surface area contributed by atoms with Crippen LogP contribution in [0.15, 0.2) is 59.1 Å². The molecular weight excluding hydrogens is 322 g/mol. The van der Waals surface area contributed by atoms with Crippen LogP contribution >= 0.6 is 0 Å². The number of amides is 2. The van der Waals surface area contributed by atoms with Gasteiger partial charge in [0.05, 0.1) is 0 Å². The predicted molar refractivity (Wildman–Crippen MR) is 87.9 cm³/mol. The number of hydrogen-bond donors (Lipinski definition) is 2. The summed E-state index contributed by atoms with van der Waals surface area (Å²) in [5.74, 6) is -0.105. The van der Waals surface area contributed by atoms with Crippen molar-refractivity contribution >= 4 is 11.8 Å². The van der Waals surface area contributed by atoms with E-state index in [9.17, 15) is 9.59 Å². The number of hydrazine groups is 1. The van der Waals surface area contributed by atoms with E-state index < -0.39 is 5.91 Å². The number of hydrogen-bond acceptors (Lipinski definition) is 6. The monoisotopic (exact) mass is 337 g/mol. The summed E-state index contributed by atoms with van der Waals surface area (Å²) in [5, 5.41) is 7.87. The molecule has 0 aliphatic carbocycles. The number of nitrogens with zero attached hydrogens (tertiary/aromatic N) is 3. The van der Waals surface area contributed by atoms with Gasteiger partial charge in [-0.05, 0) is 24.3 Å². The van der Waals surface area contributed by atoms with E-state index >= 15 is 0 Å². The normalized spacial score (nSPS) is 10.2. The molecule has 25 heavy (non-hydrogen) atoms. The molecule has 2 aromatic heterocycles. The SMILES string of the molecule is O=C(CCc1nnc(-c2ccccc2)o1)NNC(=O)c1ccccn1. The molecule has 0 aliphatic heterocycles. The van der Waals surface area contributed by atoms with E-state index in [0.29, 0.717) is 11.8 Å². The third-order valence-corrected chi connectivity index (χ3v) is 3.27. The van der Waals surface area contributed by atoms with Gasteiger partial charge < -0.3 is 4.42 Å². The molecule has 0 atom stereocenters. The summed E-state index contributed by atoms with van der Waals surface area (Å²) in [6, 6.07) is 14.3. The molecule has 0 aliphatic rings. The standard InChI is InChI=1S/C17H15N5O3/c23-14(19-21-16(24)13-8-4-5-11-18-13)9-10-15-20-22-17(25-15)12-6-2-1-3-7-12/h1-8,11H,9-10H2,(H,19,23)(H,21,24). The van der Waals surface area contributed by atoms with Gasteiger partial charge in [-0.3, -0.25) is 25.4 Å². The Morgan fingerprint density at radius 1 is 0.960 bits per heavy atom. The van der Waals surface area contributed by atoms with Crippen molar-refractivity contribution in [1.82, 2.24) is 26.0 Å². The molecule has 8 heteroatoms. The smallest absolute Gasteiger partial charge is 0.288 e. The second-order valence-electron chi connectivity index (χ2n) is 5.08. The number of pyridine rings is 1. The minimum atomic E-state index is -0.488. The topological polar surface area (TPSA) is 110 Å². The molecule has 0 saturated carbocycles. The second kappa shape index (κ2) is 7.82. The van der Waals surface area contributed by atoms with Crippen molar-refractivity contribution in [2.45, 2.75) is 12.8 Å². The Kier molecular flexibility index (Phi) is 5.10. The van der Waals surface area contributed by atoms with E-state index in [1.165, 1.54) is 6.20 Å². The maximum absolute atomic E-state index is 11.8. The molecule has 2 N–H and O–H groups in total. The number of nitrogens with one attached hydrogen (secondary N) is 2. The molecular formula is C17H15N5O3. The minimum Gasteiger partial charge on any atom is -0.421 e. The van der Waals surface area contributed by atoms with E-state index in [4.69, 9.17) is 4.42 Å². The average molecular weight is 337 g/mol. The number of carbonyl (C=O) groups is 2. The Morgan fingerprint density at radius 3 is 2.52 bits per heavy atom. The number of carbonyl (C=O) groups excluding carboxylic acids is 2. The van der Waals surface area contributed by atoms with Gasteiger partial charge in [-0.25, -0.2) is 0 Å². The van der Waals surface area contributed by atoms with E-state index in [0.717, 1.165) is 5.56 Å². The lowest BCUT2D eigenvalue weighted by atomic mass is 10.2. The summed E-state index contributed by atoms with van der Waals surface area (Å²) >= 11 is 0. The van der Waals surface area contributed by atoms with Gasteiger partial charge in [0.1, 0.15) is 5.69 Å². The van der Waals surface area contributed by atoms with Crippen molar-refractivity contribution in [3.8, 4) is 11.5 Å². The molecule has 0 fully saturated rings. The van der Waals surface area contributed by atoms with Crippen LogP contribution in [0.25, 0.3) is 11.5 Å². The minimum absolute atomic E-state index is 0.0962. The van der Waals surface area contributed by atoms with Gasteiger partial charge in [-0.2, -0.15) is 0 Å². The summed E-state index contributed by atoms with van der Waals surface area (Å²) in [6.07, 6.45) is 1.86. The van der Waals surface area contributed by atoms with E-state index in [-0.39, 0.29) is 24.4 Å². The number of benzene rings is 1. The van der Waals surface area contributed by atoms with Crippen LogP contribution < -0.4 is 10.9 Å². The first-order valence-electron chi connectivity index (χ1n) is 7.60. The van der Waals surface area contributed by atoms with E-state index in [1.807, 2.05) is 30.3 Å². The molecule has 1 aromatic carbocycles. The van der Waals surface area contributed by atoms with Crippen molar-refractivity contribution in [2.24, 2.45) is 0 Å². The fraction of sp³-hybridized carbons (Fsp3) is 0.118. The van der Waals surface area contributed by atoms with Gasteiger partial charge in [-0.1, -0.05) is 24.3 Å². The van der Waals surface area contributed by atoms with Crippen LogP contribution in [0, 0.1) is 0 Å². The fourth-order valence-electron chi connectivity index (χ4n) is 2.02. The first kappa shape index (κ1) is 16.3. The van der Waals surface area contributed by atoms with Crippen LogP contribution in [0.3, 0.4) is 0 Å². The van der Waals surface area contributed by atoms with Crippen LogP contribution in [-0.2, 0) is 11.2 Å². The van der Waals surface area contributed by atoms with Gasteiger partial charge >= 0.3 is 0 Å². The molecule has 2 amide bonds. The molecule has 0 bridgehead atoms. The summed E-state index contributed by atoms with van der Waals surface area (Å²) in [6.45, 7) is 0. The number of aryl methyl sites for hydroxylation is 1. The summed E-state index contributed by atoms with van der Waals surface area (Å²) in [4.78, 5) is 27.4. The lowest BCUT2D eigenvalue weighted by Gasteiger charge is -2.05. The highest BCUT2D eigenvalue weighted by Crippen LogP contribution is 2.17. The molecule has 3 rings (SSSR count). The molecule has 0 unspecified atom stereocenters. The zero-order chi connectivity index (χ0) is 17.5. The highest BCUT2D eigenvalue weighted by atomic mass is 16.4. The van der Waals surface area contributed by atoms with Crippen LogP contribution in [-0.4, -0.2) is 27.0 Å². The highest BCUT2D eigenvalue weighted by Gasteiger charge is 2.11. The van der Waals surface area contributed by atoms with E-state index in [1.54, 1.807) is 18.2 Å². The second-order valence-corrected chi connectivity index (χ2v) is 5.08. The first-order chi connectivity index (χ1) is 12.2. The summed E-state index contributed by atoms with van der Waals surface area (Å²) < 4.78 is 5.52. The van der Waals surface area contributed by atoms with Crippen molar-refractivity contribution in [2.75, 3.05) is 0 Å². The Bertz CT molecular complexity index is 849. The lowest BCUT2D eigenvalue weighted by Crippen LogP contribution is -2.42. The quantitative estimate of drug-likeness (QED) is 0.683. The van der Waals surface area contributed by atoms with E-state index in [2.05, 4.69) is 26.0 Å². The van der Waals surface area contributed by atoms with Gasteiger partial charge in [0.2, 0.25) is 17.7 Å². The largest absolute Gasteiger partial charge is 0.421 e. The lowest BCUT2D eigenvalue weighted by molar-refractivity contribution is -0.121. The van der Waals surface area contributed by atoms with Gasteiger partial charge in [0.15, 0.2) is 0 Å². The molecule has 3 aromatic rings. The Balaban J connectivity index is 1.47. The average Bonchev–Trinajstić information content (AvgIpc) is 3.15. The maximum atomic E-state index is 11.8. The van der Waals surface area contributed by atoms with Crippen LogP contribution in [0.2, 0.25) is 0 Å². The van der Waals surface area contributed by atoms with Gasteiger partial charge in [-0.15, -0.1) is 10.2 Å². The molecule has 0 radical (unpaired) electrons. The molecule has 8 nitrogen and oxygen atoms in total. The maximum Gasteiger partial charge on any atom is 0.288 e. The zero-order valence-corrected chi connectivity index (χ0v) is 13.2. The zero-order valence-electron chi connectivity index (χ0n) is 13.2. The van der Waals surface area contributed by atoms with Crippen LogP contribution in [0.1, 0.15) is 22.8 Å². The van der Waals surface area contributed by atoms with Gasteiger partial charge in [0, 0.05) is 24.6 Å². The Hall–Kier alpha value is -3.55. The fourth-order valence-corrected chi connectivity index (χ4v) is 2.02. The third-order valence-electron chi connectivity index (χ3n) is 3.27. The molecule has 126 valence electrons. The Morgan fingerprint density at radius 2 is 1.76 bits per heavy atom. The predicted octanol–water partition coefficient (Wildman–Crippen LogP) is 1.53. The van der Waals surface area contributed by atoms with Crippen LogP contribution in [0.4, 0.5) is 0 Å². The third kappa shape index (κ3) is 4.47. The summed E-state index contributed by atoms with van der Waals surface area (Å²) in [7, 11) is 0. The van der Waals surface area contributed by atoms with Crippen molar-refractivity contribution in [3.63, 3.8) is 0 Å².